The van der Waals surface area contributed by atoms with E-state index in [1.165, 1.54) is 6.07 Å². The molecule has 0 spiro atoms. The van der Waals surface area contributed by atoms with Gasteiger partial charge in [-0.25, -0.2) is 0 Å². The van der Waals surface area contributed by atoms with Crippen LogP contribution >= 0.6 is 0 Å². The summed E-state index contributed by atoms with van der Waals surface area (Å²) in [5.41, 5.74) is 0.764. The molecule has 2 N–H and O–H groups in total. The average Bonchev–Trinajstić information content (AvgIpc) is 2.04. The minimum atomic E-state index is -0.177. The first-order valence-electron chi connectivity index (χ1n) is 3.39. The van der Waals surface area contributed by atoms with Gasteiger partial charge in [0.2, 0.25) is 0 Å². The summed E-state index contributed by atoms with van der Waals surface area (Å²) in [7, 11) is 0. The Labute approximate surface area is 100 Å². The van der Waals surface area contributed by atoms with Crippen LogP contribution in [0.2, 0.25) is 0 Å². The predicted octanol–water partition coefficient (Wildman–Crippen LogP) is 0.574. The van der Waals surface area contributed by atoms with Crippen molar-refractivity contribution in [2.45, 2.75) is 0 Å². The van der Waals surface area contributed by atoms with Gasteiger partial charge in [0, 0.05) is 5.39 Å². The number of pyridine rings is 1. The van der Waals surface area contributed by atoms with Gasteiger partial charge in [-0.2, -0.15) is 0 Å². The third-order valence-corrected chi connectivity index (χ3v) is 1.57. The van der Waals surface area contributed by atoms with Gasteiger partial charge in [0.15, 0.2) is 0 Å². The number of nitrogens with zero attached hydrogens (tertiary/aromatic N) is 1. The van der Waals surface area contributed by atoms with E-state index in [2.05, 4.69) is 4.98 Å². The van der Waals surface area contributed by atoms with Gasteiger partial charge >= 0.3 is 26.2 Å². The molecule has 0 aliphatic carbocycles. The zero-order valence-corrected chi connectivity index (χ0v) is 10.6. The Bertz CT molecular complexity index is 394. The first-order chi connectivity index (χ1) is 5.36. The molecule has 2 radical (unpaired) electrons. The average molecular weight is 387 g/mol. The maximum Gasteiger partial charge on any atom is 3.00 e. The van der Waals surface area contributed by atoms with E-state index in [0.29, 0.717) is 0 Å². The minimum absolute atomic E-state index is 0. The Balaban J connectivity index is 0. The van der Waals surface area contributed by atoms with Gasteiger partial charge in [0.25, 0.3) is 0 Å². The van der Waals surface area contributed by atoms with Crippen molar-refractivity contribution in [3.8, 4) is 5.88 Å². The Hall–Kier alpha value is -0.767. The van der Waals surface area contributed by atoms with Crippen molar-refractivity contribution < 1.29 is 16.1 Å². The fourth-order valence-electron chi connectivity index (χ4n) is 1.05. The number of rotatable bonds is 0. The second-order valence-electron chi connectivity index (χ2n) is 2.34. The molecular weight excluding hydrogens is 379 g/mol. The second-order valence-corrected chi connectivity index (χ2v) is 2.34. The Morgan fingerprint density at radius 2 is 1.57 bits per heavy atom. The first kappa shape index (κ1) is 15.7. The normalized spacial score (nSPS) is 8.00. The van der Waals surface area contributed by atoms with E-state index in [4.69, 9.17) is 0 Å². The summed E-state index contributed by atoms with van der Waals surface area (Å²) in [5, 5.41) is 11.8. The molecule has 72 valence electrons. The van der Waals surface area contributed by atoms with Gasteiger partial charge in [-0.05, 0) is 11.9 Å². The van der Waals surface area contributed by atoms with Gasteiger partial charge < -0.3 is 16.1 Å². The summed E-state index contributed by atoms with van der Waals surface area (Å²) >= 11 is 0. The number of fused-ring (bicyclic) bond motifs is 1. The van der Waals surface area contributed by atoms with E-state index in [1.807, 2.05) is 24.3 Å². The van der Waals surface area contributed by atoms with Crippen molar-refractivity contribution in [2.75, 3.05) is 0 Å². The van der Waals surface area contributed by atoms with Crippen LogP contribution in [-0.2, 0) is 0 Å². The summed E-state index contributed by atoms with van der Waals surface area (Å²) in [4.78, 5) is 3.82. The maximum absolute atomic E-state index is 10.8. The van der Waals surface area contributed by atoms with Crippen LogP contribution in [-0.4, -0.2) is 42.1 Å². The number of para-hydroxylation sites is 1. The van der Waals surface area contributed by atoms with E-state index in [1.54, 1.807) is 6.07 Å². The van der Waals surface area contributed by atoms with E-state index in [0.717, 1.165) is 10.9 Å². The molecule has 2 aromatic rings. The van der Waals surface area contributed by atoms with Crippen LogP contribution in [0.3, 0.4) is 0 Å². The number of benzene rings is 1. The van der Waals surface area contributed by atoms with Crippen LogP contribution in [0, 0.1) is 0 Å². The molecule has 5 heteroatoms. The molecule has 1 aromatic carbocycles. The van der Waals surface area contributed by atoms with Crippen LogP contribution < -0.4 is 5.11 Å². The van der Waals surface area contributed by atoms with E-state index < -0.39 is 0 Å². The largest absolute Gasteiger partial charge is 3.00 e. The van der Waals surface area contributed by atoms with Crippen LogP contribution in [0.15, 0.2) is 36.4 Å². The van der Waals surface area contributed by atoms with Gasteiger partial charge in [-0.15, -0.1) is 0 Å². The van der Waals surface area contributed by atoms with E-state index in [9.17, 15) is 5.11 Å². The molecule has 14 heavy (non-hydrogen) atoms. The molecule has 0 amide bonds. The zero-order chi connectivity index (χ0) is 7.68. The number of hydrogen-bond donors (Lipinski definition) is 0. The third-order valence-electron chi connectivity index (χ3n) is 1.57. The molecule has 0 aliphatic rings. The molecule has 0 atom stereocenters. The summed E-state index contributed by atoms with van der Waals surface area (Å²) < 4.78 is 0. The van der Waals surface area contributed by atoms with Crippen LogP contribution in [0.5, 0.6) is 5.88 Å². The molecule has 4 nitrogen and oxygen atoms in total. The van der Waals surface area contributed by atoms with E-state index >= 15 is 0 Å². The molecule has 0 saturated carbocycles. The van der Waals surface area contributed by atoms with Crippen LogP contribution in [0.4, 0.5) is 0 Å². The molecule has 0 fully saturated rings. The Morgan fingerprint density at radius 3 is 2.29 bits per heavy atom. The fraction of sp³-hybridized carbons (Fsp3) is 0. The Morgan fingerprint density at radius 1 is 0.929 bits per heavy atom. The molecule has 0 unspecified atom stereocenters. The molecule has 0 aliphatic heterocycles. The van der Waals surface area contributed by atoms with Crippen molar-refractivity contribution >= 4 is 37.1 Å². The van der Waals surface area contributed by atoms with Crippen molar-refractivity contribution in [1.82, 2.24) is 4.98 Å². The van der Waals surface area contributed by atoms with Crippen LogP contribution in [0.25, 0.3) is 10.9 Å². The summed E-state index contributed by atoms with van der Waals surface area (Å²) in [6.45, 7) is 0. The minimum Gasteiger partial charge on any atom is -0.870 e. The molecule has 1 heterocycles. The maximum atomic E-state index is 10.8. The predicted molar refractivity (Wildman–Crippen MR) is 50.8 cm³/mol. The van der Waals surface area contributed by atoms with E-state index in [-0.39, 0.29) is 43.0 Å². The summed E-state index contributed by atoms with van der Waals surface area (Å²) in [6, 6.07) is 10.8. The molecule has 2 rings (SSSR count). The first-order valence-corrected chi connectivity index (χ1v) is 3.39. The standard InChI is InChI=1S/C9H7NO.Bi.2H2O/c11-9-6-5-7-3-1-2-4-8(7)10-9;;;/h1-6H,(H,10,11);;2*1H2/q;+3;;/p-3. The SMILES string of the molecule is [Bi+3].[O-]c1ccc2ccccc2n1.[OH-].[OH-]. The third kappa shape index (κ3) is 3.18. The number of hydrogen-bond acceptors (Lipinski definition) is 4. The topological polar surface area (TPSA) is 96.0 Å². The molecule has 1 aromatic heterocycles. The second kappa shape index (κ2) is 6.65. The molecular formula is C9H8BiNO3. The van der Waals surface area contributed by atoms with Crippen molar-refractivity contribution in [3.63, 3.8) is 0 Å². The van der Waals surface area contributed by atoms with Crippen LogP contribution in [0.1, 0.15) is 0 Å². The summed E-state index contributed by atoms with van der Waals surface area (Å²) in [5.74, 6) is -0.177. The molecule has 0 bridgehead atoms. The Kier molecular flexibility index (Phi) is 7.46. The number of aromatic nitrogens is 1. The summed E-state index contributed by atoms with van der Waals surface area (Å²) in [6.07, 6.45) is 0. The smallest absolute Gasteiger partial charge is 0.870 e. The fourth-order valence-corrected chi connectivity index (χ4v) is 1.05. The van der Waals surface area contributed by atoms with Gasteiger partial charge in [-0.1, -0.05) is 30.3 Å². The van der Waals surface area contributed by atoms with Crippen molar-refractivity contribution in [3.05, 3.63) is 36.4 Å². The zero-order valence-electron chi connectivity index (χ0n) is 7.16. The van der Waals surface area contributed by atoms with Gasteiger partial charge in [-0.3, -0.25) is 4.98 Å². The molecule has 0 saturated heterocycles. The monoisotopic (exact) mass is 387 g/mol. The van der Waals surface area contributed by atoms with Crippen molar-refractivity contribution in [1.29, 1.82) is 0 Å². The quantitative estimate of drug-likeness (QED) is 0.618. The van der Waals surface area contributed by atoms with Gasteiger partial charge in [0.05, 0.1) is 5.52 Å². The van der Waals surface area contributed by atoms with Crippen molar-refractivity contribution in [2.24, 2.45) is 0 Å². The van der Waals surface area contributed by atoms with Gasteiger partial charge in [0.1, 0.15) is 0 Å².